The predicted molar refractivity (Wildman–Crippen MR) is 74.4 cm³/mol. The van der Waals surface area contributed by atoms with E-state index in [9.17, 15) is 4.39 Å². The van der Waals surface area contributed by atoms with E-state index < -0.39 is 0 Å². The van der Waals surface area contributed by atoms with Crippen LogP contribution in [0, 0.1) is 5.82 Å². The van der Waals surface area contributed by atoms with Gasteiger partial charge in [0.2, 0.25) is 0 Å². The maximum atomic E-state index is 13.9. The van der Waals surface area contributed by atoms with Crippen LogP contribution in [0.4, 0.5) is 4.39 Å². The molecule has 1 atom stereocenters. The standard InChI is InChI=1S/C13H21ClFN3/c1-17(2)7-8-18(3)12(9-16)13-10(14)5-4-6-11(13)15/h4-6,12H,7-9,16H2,1-3H3. The molecule has 0 bridgehead atoms. The summed E-state index contributed by atoms with van der Waals surface area (Å²) in [7, 11) is 5.94. The van der Waals surface area contributed by atoms with Gasteiger partial charge >= 0.3 is 0 Å². The summed E-state index contributed by atoms with van der Waals surface area (Å²) in [6, 6.07) is 4.53. The number of benzene rings is 1. The van der Waals surface area contributed by atoms with Crippen LogP contribution in [0.3, 0.4) is 0 Å². The molecule has 0 radical (unpaired) electrons. The molecule has 102 valence electrons. The van der Waals surface area contributed by atoms with Gasteiger partial charge in [0, 0.05) is 30.2 Å². The number of nitrogens with zero attached hydrogens (tertiary/aromatic N) is 2. The van der Waals surface area contributed by atoms with Gasteiger partial charge in [-0.3, -0.25) is 4.90 Å². The first-order chi connectivity index (χ1) is 8.47. The van der Waals surface area contributed by atoms with E-state index in [1.165, 1.54) is 6.07 Å². The first-order valence-electron chi connectivity index (χ1n) is 5.96. The van der Waals surface area contributed by atoms with E-state index in [1.807, 2.05) is 26.0 Å². The molecule has 3 nitrogen and oxygen atoms in total. The van der Waals surface area contributed by atoms with Crippen LogP contribution in [-0.4, -0.2) is 50.6 Å². The number of likely N-dealkylation sites (N-methyl/N-ethyl adjacent to an activating group) is 2. The van der Waals surface area contributed by atoms with Gasteiger partial charge < -0.3 is 10.6 Å². The number of halogens is 2. The van der Waals surface area contributed by atoms with Gasteiger partial charge in [-0.2, -0.15) is 0 Å². The van der Waals surface area contributed by atoms with Crippen LogP contribution in [0.15, 0.2) is 18.2 Å². The third-order valence-corrected chi connectivity index (χ3v) is 3.32. The molecule has 18 heavy (non-hydrogen) atoms. The Morgan fingerprint density at radius 3 is 2.44 bits per heavy atom. The van der Waals surface area contributed by atoms with Gasteiger partial charge in [0.15, 0.2) is 0 Å². The van der Waals surface area contributed by atoms with Crippen LogP contribution in [0.2, 0.25) is 5.02 Å². The zero-order valence-electron chi connectivity index (χ0n) is 11.2. The van der Waals surface area contributed by atoms with Crippen molar-refractivity contribution in [3.8, 4) is 0 Å². The zero-order valence-corrected chi connectivity index (χ0v) is 11.9. The van der Waals surface area contributed by atoms with Crippen molar-refractivity contribution in [3.05, 3.63) is 34.6 Å². The summed E-state index contributed by atoms with van der Waals surface area (Å²) >= 11 is 6.08. The normalized spacial score (nSPS) is 13.3. The van der Waals surface area contributed by atoms with Crippen molar-refractivity contribution in [2.75, 3.05) is 40.8 Å². The molecule has 0 saturated heterocycles. The third kappa shape index (κ3) is 3.92. The van der Waals surface area contributed by atoms with Crippen molar-refractivity contribution in [2.45, 2.75) is 6.04 Å². The summed E-state index contributed by atoms with van der Waals surface area (Å²) in [5.74, 6) is -0.297. The maximum Gasteiger partial charge on any atom is 0.129 e. The average Bonchev–Trinajstić information content (AvgIpc) is 2.31. The van der Waals surface area contributed by atoms with Crippen molar-refractivity contribution in [1.82, 2.24) is 9.80 Å². The molecule has 0 aliphatic rings. The molecule has 1 rings (SSSR count). The topological polar surface area (TPSA) is 32.5 Å². The summed E-state index contributed by atoms with van der Waals surface area (Å²) in [6.07, 6.45) is 0. The third-order valence-electron chi connectivity index (χ3n) is 2.99. The fourth-order valence-electron chi connectivity index (χ4n) is 1.86. The number of nitrogens with two attached hydrogens (primary N) is 1. The van der Waals surface area contributed by atoms with E-state index in [-0.39, 0.29) is 11.9 Å². The van der Waals surface area contributed by atoms with E-state index in [4.69, 9.17) is 17.3 Å². The van der Waals surface area contributed by atoms with Gasteiger partial charge in [0.05, 0.1) is 6.04 Å². The van der Waals surface area contributed by atoms with E-state index >= 15 is 0 Å². The van der Waals surface area contributed by atoms with Crippen molar-refractivity contribution in [3.63, 3.8) is 0 Å². The van der Waals surface area contributed by atoms with Crippen molar-refractivity contribution in [2.24, 2.45) is 5.73 Å². The average molecular weight is 274 g/mol. The molecule has 1 aromatic carbocycles. The van der Waals surface area contributed by atoms with E-state index in [0.717, 1.165) is 13.1 Å². The molecule has 0 spiro atoms. The summed E-state index contributed by atoms with van der Waals surface area (Å²) in [4.78, 5) is 4.11. The second-order valence-electron chi connectivity index (χ2n) is 4.67. The molecule has 1 aromatic rings. The summed E-state index contributed by atoms with van der Waals surface area (Å²) in [6.45, 7) is 2.03. The van der Waals surface area contributed by atoms with Crippen LogP contribution in [-0.2, 0) is 0 Å². The second-order valence-corrected chi connectivity index (χ2v) is 5.08. The SMILES string of the molecule is CN(C)CCN(C)C(CN)c1c(F)cccc1Cl. The molecule has 0 fully saturated rings. The van der Waals surface area contributed by atoms with Crippen LogP contribution in [0.1, 0.15) is 11.6 Å². The molecule has 5 heteroatoms. The highest BCUT2D eigenvalue weighted by molar-refractivity contribution is 6.31. The van der Waals surface area contributed by atoms with E-state index in [2.05, 4.69) is 4.90 Å². The Bertz CT molecular complexity index is 364. The molecular formula is C13H21ClFN3. The van der Waals surface area contributed by atoms with Crippen molar-refractivity contribution >= 4 is 11.6 Å². The Morgan fingerprint density at radius 2 is 1.94 bits per heavy atom. The molecule has 0 amide bonds. The summed E-state index contributed by atoms with van der Waals surface area (Å²) in [5.41, 5.74) is 6.26. The van der Waals surface area contributed by atoms with Gasteiger partial charge in [0.25, 0.3) is 0 Å². The van der Waals surface area contributed by atoms with Crippen LogP contribution >= 0.6 is 11.6 Å². The Balaban J connectivity index is 2.88. The predicted octanol–water partition coefficient (Wildman–Crippen LogP) is 1.97. The Hall–Kier alpha value is -0.680. The first-order valence-corrected chi connectivity index (χ1v) is 6.34. The van der Waals surface area contributed by atoms with Crippen LogP contribution < -0.4 is 5.73 Å². The molecule has 0 aliphatic heterocycles. The van der Waals surface area contributed by atoms with Crippen molar-refractivity contribution in [1.29, 1.82) is 0 Å². The lowest BCUT2D eigenvalue weighted by Gasteiger charge is -2.29. The fraction of sp³-hybridized carbons (Fsp3) is 0.538. The lowest BCUT2D eigenvalue weighted by atomic mass is 10.0. The quantitative estimate of drug-likeness (QED) is 0.860. The van der Waals surface area contributed by atoms with Gasteiger partial charge in [0.1, 0.15) is 5.82 Å². The van der Waals surface area contributed by atoms with Gasteiger partial charge in [-0.05, 0) is 33.3 Å². The highest BCUT2D eigenvalue weighted by Crippen LogP contribution is 2.28. The van der Waals surface area contributed by atoms with Gasteiger partial charge in [-0.25, -0.2) is 4.39 Å². The highest BCUT2D eigenvalue weighted by Gasteiger charge is 2.21. The molecule has 0 heterocycles. The van der Waals surface area contributed by atoms with Crippen LogP contribution in [0.5, 0.6) is 0 Å². The zero-order chi connectivity index (χ0) is 13.7. The van der Waals surface area contributed by atoms with E-state index in [0.29, 0.717) is 17.1 Å². The van der Waals surface area contributed by atoms with Crippen LogP contribution in [0.25, 0.3) is 0 Å². The largest absolute Gasteiger partial charge is 0.329 e. The Kier molecular flexibility index (Phi) is 6.02. The Morgan fingerprint density at radius 1 is 1.28 bits per heavy atom. The Labute approximate surface area is 113 Å². The number of rotatable bonds is 6. The summed E-state index contributed by atoms with van der Waals surface area (Å²) in [5, 5.41) is 0.433. The second kappa shape index (κ2) is 7.04. The van der Waals surface area contributed by atoms with E-state index in [1.54, 1.807) is 12.1 Å². The number of hydrogen-bond donors (Lipinski definition) is 1. The number of hydrogen-bond acceptors (Lipinski definition) is 3. The van der Waals surface area contributed by atoms with Crippen molar-refractivity contribution < 1.29 is 4.39 Å². The first kappa shape index (κ1) is 15.4. The maximum absolute atomic E-state index is 13.9. The molecule has 1 unspecified atom stereocenters. The molecule has 2 N–H and O–H groups in total. The highest BCUT2D eigenvalue weighted by atomic mass is 35.5. The lowest BCUT2D eigenvalue weighted by molar-refractivity contribution is 0.219. The molecule has 0 aromatic heterocycles. The summed E-state index contributed by atoms with van der Waals surface area (Å²) < 4.78 is 13.9. The minimum absolute atomic E-state index is 0.196. The molecular weight excluding hydrogens is 253 g/mol. The monoisotopic (exact) mass is 273 g/mol. The molecule has 0 saturated carbocycles. The minimum atomic E-state index is -0.297. The minimum Gasteiger partial charge on any atom is -0.329 e. The van der Waals surface area contributed by atoms with Gasteiger partial charge in [-0.15, -0.1) is 0 Å². The lowest BCUT2D eigenvalue weighted by Crippen LogP contribution is -2.36. The smallest absolute Gasteiger partial charge is 0.129 e. The molecule has 0 aliphatic carbocycles. The fourth-order valence-corrected chi connectivity index (χ4v) is 2.15. The van der Waals surface area contributed by atoms with Gasteiger partial charge in [-0.1, -0.05) is 17.7 Å².